The van der Waals surface area contributed by atoms with Crippen molar-refractivity contribution >= 4 is 29.6 Å². The molecule has 1 saturated heterocycles. The Hall–Kier alpha value is -1.81. The number of piperidine rings is 1. The second-order valence-electron chi connectivity index (χ2n) is 4.74. The van der Waals surface area contributed by atoms with E-state index in [0.717, 1.165) is 18.4 Å². The van der Waals surface area contributed by atoms with Crippen LogP contribution >= 0.6 is 11.6 Å². The molecule has 0 aliphatic carbocycles. The summed E-state index contributed by atoms with van der Waals surface area (Å²) in [5, 5.41) is 9.71. The third-order valence-electron chi connectivity index (χ3n) is 3.38. The van der Waals surface area contributed by atoms with Crippen molar-refractivity contribution in [2.75, 3.05) is 6.54 Å². The number of carbonyl (C=O) groups excluding carboxylic acids is 1. The smallest absolute Gasteiger partial charge is 0.326 e. The van der Waals surface area contributed by atoms with Crippen LogP contribution in [0.15, 0.2) is 30.3 Å². The summed E-state index contributed by atoms with van der Waals surface area (Å²) in [6, 6.07) is 6.47. The van der Waals surface area contributed by atoms with Gasteiger partial charge in [0.25, 0.3) is 0 Å². The van der Waals surface area contributed by atoms with E-state index in [4.69, 9.17) is 16.7 Å². The summed E-state index contributed by atoms with van der Waals surface area (Å²) >= 11 is 6.00. The van der Waals surface area contributed by atoms with Crippen molar-refractivity contribution in [1.29, 1.82) is 0 Å². The van der Waals surface area contributed by atoms with Crippen LogP contribution in [0.25, 0.3) is 6.08 Å². The molecule has 1 atom stereocenters. The quantitative estimate of drug-likeness (QED) is 0.872. The highest BCUT2D eigenvalue weighted by Crippen LogP contribution is 2.19. The Morgan fingerprint density at radius 3 is 2.75 bits per heavy atom. The summed E-state index contributed by atoms with van der Waals surface area (Å²) in [7, 11) is 0. The fourth-order valence-electron chi connectivity index (χ4n) is 2.32. The van der Waals surface area contributed by atoms with E-state index in [9.17, 15) is 9.59 Å². The standard InChI is InChI=1S/C15H16ClNO3/c16-12-6-2-1-5-11(12)8-9-14(18)17-10-4-3-7-13(17)15(19)20/h1-2,5-6,8-9,13H,3-4,7,10H2,(H,19,20)/b9-8+. The zero-order valence-electron chi connectivity index (χ0n) is 11.0. The average molecular weight is 294 g/mol. The first-order valence-electron chi connectivity index (χ1n) is 6.55. The average Bonchev–Trinajstić information content (AvgIpc) is 2.46. The summed E-state index contributed by atoms with van der Waals surface area (Å²) < 4.78 is 0. The zero-order chi connectivity index (χ0) is 14.5. The van der Waals surface area contributed by atoms with E-state index < -0.39 is 12.0 Å². The minimum atomic E-state index is -0.941. The molecule has 0 radical (unpaired) electrons. The van der Waals surface area contributed by atoms with Crippen LogP contribution in [0.3, 0.4) is 0 Å². The maximum atomic E-state index is 12.1. The van der Waals surface area contributed by atoms with E-state index >= 15 is 0 Å². The summed E-state index contributed by atoms with van der Waals surface area (Å²) in [4.78, 5) is 24.7. The Balaban J connectivity index is 2.10. The summed E-state index contributed by atoms with van der Waals surface area (Å²) in [5.74, 6) is -1.22. The van der Waals surface area contributed by atoms with Gasteiger partial charge in [0.05, 0.1) is 0 Å². The lowest BCUT2D eigenvalue weighted by atomic mass is 10.0. The van der Waals surface area contributed by atoms with E-state index in [1.165, 1.54) is 11.0 Å². The lowest BCUT2D eigenvalue weighted by Crippen LogP contribution is -2.47. The van der Waals surface area contributed by atoms with Gasteiger partial charge in [-0.15, -0.1) is 0 Å². The highest BCUT2D eigenvalue weighted by Gasteiger charge is 2.30. The summed E-state index contributed by atoms with van der Waals surface area (Å²) in [5.41, 5.74) is 0.742. The van der Waals surface area contributed by atoms with Gasteiger partial charge in [0.15, 0.2) is 0 Å². The number of rotatable bonds is 3. The zero-order valence-corrected chi connectivity index (χ0v) is 11.7. The molecule has 1 aromatic carbocycles. The Labute approximate surface area is 122 Å². The van der Waals surface area contributed by atoms with Gasteiger partial charge < -0.3 is 10.0 Å². The fraction of sp³-hybridized carbons (Fsp3) is 0.333. The van der Waals surface area contributed by atoms with Gasteiger partial charge in [-0.2, -0.15) is 0 Å². The van der Waals surface area contributed by atoms with Crippen molar-refractivity contribution in [3.05, 3.63) is 40.9 Å². The number of hydrogen-bond donors (Lipinski definition) is 1. The first-order valence-corrected chi connectivity index (χ1v) is 6.93. The second kappa shape index (κ2) is 6.57. The van der Waals surface area contributed by atoms with E-state index in [1.807, 2.05) is 12.1 Å². The van der Waals surface area contributed by atoms with E-state index in [1.54, 1.807) is 18.2 Å². The first kappa shape index (κ1) is 14.6. The predicted octanol–water partition coefficient (Wildman–Crippen LogP) is 2.82. The van der Waals surface area contributed by atoms with Crippen LogP contribution in [0.4, 0.5) is 0 Å². The van der Waals surface area contributed by atoms with Crippen LogP contribution < -0.4 is 0 Å². The molecule has 1 N–H and O–H groups in total. The first-order chi connectivity index (χ1) is 9.59. The van der Waals surface area contributed by atoms with Gasteiger partial charge in [-0.05, 0) is 37.0 Å². The topological polar surface area (TPSA) is 57.6 Å². The molecule has 1 aliphatic heterocycles. The molecule has 1 aliphatic rings. The van der Waals surface area contributed by atoms with Gasteiger partial charge in [0, 0.05) is 17.6 Å². The van der Waals surface area contributed by atoms with Crippen LogP contribution in [0.1, 0.15) is 24.8 Å². The minimum Gasteiger partial charge on any atom is -0.480 e. The molecule has 0 bridgehead atoms. The van der Waals surface area contributed by atoms with E-state index in [2.05, 4.69) is 0 Å². The second-order valence-corrected chi connectivity index (χ2v) is 5.14. The normalized spacial score (nSPS) is 19.2. The molecule has 0 saturated carbocycles. The largest absolute Gasteiger partial charge is 0.480 e. The van der Waals surface area contributed by atoms with Crippen molar-refractivity contribution in [1.82, 2.24) is 4.90 Å². The van der Waals surface area contributed by atoms with Crippen molar-refractivity contribution in [3.8, 4) is 0 Å². The molecule has 20 heavy (non-hydrogen) atoms. The van der Waals surface area contributed by atoms with Crippen LogP contribution in [0.2, 0.25) is 5.02 Å². The Bertz CT molecular complexity index is 542. The number of benzene rings is 1. The number of aliphatic carboxylic acids is 1. The number of hydrogen-bond acceptors (Lipinski definition) is 2. The summed E-state index contributed by atoms with van der Waals surface area (Å²) in [6.07, 6.45) is 5.21. The van der Waals surface area contributed by atoms with Gasteiger partial charge in [0.2, 0.25) is 5.91 Å². The third kappa shape index (κ3) is 3.39. The molecule has 1 amide bonds. The molecule has 1 fully saturated rings. The van der Waals surface area contributed by atoms with Gasteiger partial charge in [-0.3, -0.25) is 4.79 Å². The number of carboxylic acids is 1. The molecule has 5 heteroatoms. The molecule has 0 aromatic heterocycles. The van der Waals surface area contributed by atoms with Crippen molar-refractivity contribution in [2.45, 2.75) is 25.3 Å². The third-order valence-corrected chi connectivity index (χ3v) is 3.73. The number of likely N-dealkylation sites (tertiary alicyclic amines) is 1. The molecule has 4 nitrogen and oxygen atoms in total. The molecule has 2 rings (SSSR count). The molecule has 1 aromatic rings. The molecule has 1 unspecified atom stereocenters. The number of carbonyl (C=O) groups is 2. The molecule has 1 heterocycles. The van der Waals surface area contributed by atoms with E-state index in [-0.39, 0.29) is 5.91 Å². The highest BCUT2D eigenvalue weighted by atomic mass is 35.5. The monoisotopic (exact) mass is 293 g/mol. The number of carboxylic acid groups (broad SMARTS) is 1. The molecular weight excluding hydrogens is 278 g/mol. The van der Waals surface area contributed by atoms with Gasteiger partial charge in [-0.25, -0.2) is 4.79 Å². The minimum absolute atomic E-state index is 0.281. The van der Waals surface area contributed by atoms with Gasteiger partial charge in [0.1, 0.15) is 6.04 Å². The van der Waals surface area contributed by atoms with Crippen LogP contribution in [0, 0.1) is 0 Å². The van der Waals surface area contributed by atoms with Gasteiger partial charge in [-0.1, -0.05) is 29.8 Å². The Kier molecular flexibility index (Phi) is 4.79. The lowest BCUT2D eigenvalue weighted by molar-refractivity contribution is -0.150. The number of halogens is 1. The predicted molar refractivity (Wildman–Crippen MR) is 77.5 cm³/mol. The van der Waals surface area contributed by atoms with Crippen LogP contribution in [-0.2, 0) is 9.59 Å². The van der Waals surface area contributed by atoms with Crippen molar-refractivity contribution in [3.63, 3.8) is 0 Å². The Morgan fingerprint density at radius 2 is 2.05 bits per heavy atom. The van der Waals surface area contributed by atoms with Crippen LogP contribution in [0.5, 0.6) is 0 Å². The van der Waals surface area contributed by atoms with Gasteiger partial charge >= 0.3 is 5.97 Å². The number of nitrogens with zero attached hydrogens (tertiary/aromatic N) is 1. The van der Waals surface area contributed by atoms with E-state index in [0.29, 0.717) is 18.0 Å². The maximum Gasteiger partial charge on any atom is 0.326 e. The Morgan fingerprint density at radius 1 is 1.30 bits per heavy atom. The number of amides is 1. The lowest BCUT2D eigenvalue weighted by Gasteiger charge is -2.32. The maximum absolute atomic E-state index is 12.1. The van der Waals surface area contributed by atoms with Crippen molar-refractivity contribution in [2.24, 2.45) is 0 Å². The molecular formula is C15H16ClNO3. The summed E-state index contributed by atoms with van der Waals surface area (Å²) in [6.45, 7) is 0.489. The molecule has 0 spiro atoms. The molecule has 106 valence electrons. The SMILES string of the molecule is O=C(O)C1CCCCN1C(=O)/C=C/c1ccccc1Cl. The van der Waals surface area contributed by atoms with Crippen LogP contribution in [-0.4, -0.2) is 34.5 Å². The fourth-order valence-corrected chi connectivity index (χ4v) is 2.52. The highest BCUT2D eigenvalue weighted by molar-refractivity contribution is 6.32. The van der Waals surface area contributed by atoms with Crippen molar-refractivity contribution < 1.29 is 14.7 Å².